The summed E-state index contributed by atoms with van der Waals surface area (Å²) < 4.78 is 5.21. The van der Waals surface area contributed by atoms with Crippen LogP contribution in [0.2, 0.25) is 0 Å². The van der Waals surface area contributed by atoms with Crippen LogP contribution in [0.4, 0.5) is 5.69 Å². The molecule has 0 radical (unpaired) electrons. The number of nitro groups is 1. The van der Waals surface area contributed by atoms with E-state index < -0.39 is 28.4 Å². The van der Waals surface area contributed by atoms with Crippen LogP contribution in [0, 0.1) is 10.1 Å². The number of likely N-dealkylation sites (tertiary alicyclic amines) is 1. The summed E-state index contributed by atoms with van der Waals surface area (Å²) in [5.41, 5.74) is -0.0335. The number of benzene rings is 2. The predicted molar refractivity (Wildman–Crippen MR) is 108 cm³/mol. The molecule has 0 bridgehead atoms. The second-order valence-electron chi connectivity index (χ2n) is 6.73. The molecule has 2 aromatic carbocycles. The number of non-ortho nitro benzene ring substituents is 1. The van der Waals surface area contributed by atoms with E-state index in [1.807, 2.05) is 0 Å². The van der Waals surface area contributed by atoms with Crippen molar-refractivity contribution >= 4 is 23.1 Å². The van der Waals surface area contributed by atoms with Gasteiger partial charge in [-0.25, -0.2) is 0 Å². The Morgan fingerprint density at radius 1 is 1.13 bits per heavy atom. The van der Waals surface area contributed by atoms with Crippen LogP contribution in [0.3, 0.4) is 0 Å². The maximum absolute atomic E-state index is 12.8. The molecule has 1 aliphatic heterocycles. The van der Waals surface area contributed by atoms with E-state index in [2.05, 4.69) is 0 Å². The lowest BCUT2D eigenvalue weighted by atomic mass is 9.95. The molecule has 3 N–H and O–H groups in total. The second-order valence-corrected chi connectivity index (χ2v) is 6.73. The molecule has 0 spiro atoms. The van der Waals surface area contributed by atoms with Crippen molar-refractivity contribution in [3.8, 4) is 5.75 Å². The van der Waals surface area contributed by atoms with Gasteiger partial charge in [-0.15, -0.1) is 0 Å². The van der Waals surface area contributed by atoms with Crippen molar-refractivity contribution < 1.29 is 34.6 Å². The zero-order chi connectivity index (χ0) is 22.5. The Hall–Kier alpha value is -3.76. The summed E-state index contributed by atoms with van der Waals surface area (Å²) in [6.07, 6.45) is 0. The fraction of sp³-hybridized carbons (Fsp3) is 0.238. The monoisotopic (exact) mass is 428 g/mol. The number of rotatable bonds is 8. The van der Waals surface area contributed by atoms with E-state index >= 15 is 0 Å². The first-order chi connectivity index (χ1) is 14.8. The van der Waals surface area contributed by atoms with Crippen molar-refractivity contribution in [3.05, 3.63) is 75.3 Å². The number of carbonyl (C=O) groups is 2. The van der Waals surface area contributed by atoms with Crippen molar-refractivity contribution in [1.29, 1.82) is 0 Å². The zero-order valence-electron chi connectivity index (χ0n) is 16.3. The van der Waals surface area contributed by atoms with Crippen LogP contribution in [-0.4, -0.2) is 63.2 Å². The summed E-state index contributed by atoms with van der Waals surface area (Å²) >= 11 is 0. The molecule has 3 rings (SSSR count). The molecule has 1 aliphatic rings. The predicted octanol–water partition coefficient (Wildman–Crippen LogP) is 1.73. The van der Waals surface area contributed by atoms with Crippen molar-refractivity contribution in [2.24, 2.45) is 0 Å². The number of nitrogens with zero attached hydrogens (tertiary/aromatic N) is 2. The lowest BCUT2D eigenvalue weighted by molar-refractivity contribution is -0.384. The van der Waals surface area contributed by atoms with E-state index in [4.69, 9.17) is 9.84 Å². The summed E-state index contributed by atoms with van der Waals surface area (Å²) in [5, 5.41) is 40.4. The number of phenols is 1. The Kier molecular flexibility index (Phi) is 6.63. The van der Waals surface area contributed by atoms with Gasteiger partial charge in [0.2, 0.25) is 0 Å². The summed E-state index contributed by atoms with van der Waals surface area (Å²) in [4.78, 5) is 37.2. The molecule has 2 aromatic rings. The Bertz CT molecular complexity index is 1030. The summed E-state index contributed by atoms with van der Waals surface area (Å²) in [7, 11) is 0. The average Bonchev–Trinajstić information content (AvgIpc) is 3.01. The van der Waals surface area contributed by atoms with Gasteiger partial charge in [-0.05, 0) is 17.7 Å². The van der Waals surface area contributed by atoms with Crippen LogP contribution in [0.5, 0.6) is 5.75 Å². The minimum atomic E-state index is -0.988. The van der Waals surface area contributed by atoms with E-state index in [9.17, 15) is 29.9 Å². The van der Waals surface area contributed by atoms with E-state index in [-0.39, 0.29) is 48.9 Å². The Balaban J connectivity index is 2.09. The van der Waals surface area contributed by atoms with Crippen molar-refractivity contribution in [2.75, 3.05) is 26.4 Å². The first-order valence-electron chi connectivity index (χ1n) is 9.36. The van der Waals surface area contributed by atoms with Crippen molar-refractivity contribution in [1.82, 2.24) is 4.90 Å². The Labute approximate surface area is 176 Å². The first-order valence-corrected chi connectivity index (χ1v) is 9.36. The molecule has 1 fully saturated rings. The van der Waals surface area contributed by atoms with Crippen LogP contribution in [0.25, 0.3) is 5.76 Å². The third kappa shape index (κ3) is 4.55. The maximum Gasteiger partial charge on any atom is 0.295 e. The number of hydrogen-bond acceptors (Lipinski definition) is 8. The van der Waals surface area contributed by atoms with Crippen LogP contribution in [-0.2, 0) is 14.3 Å². The zero-order valence-corrected chi connectivity index (χ0v) is 16.3. The van der Waals surface area contributed by atoms with Gasteiger partial charge < -0.3 is 25.0 Å². The molecule has 31 heavy (non-hydrogen) atoms. The highest BCUT2D eigenvalue weighted by Crippen LogP contribution is 2.39. The van der Waals surface area contributed by atoms with Crippen molar-refractivity contribution in [2.45, 2.75) is 6.04 Å². The number of aliphatic hydroxyl groups is 2. The summed E-state index contributed by atoms with van der Waals surface area (Å²) in [6.45, 7) is -0.102. The van der Waals surface area contributed by atoms with Crippen LogP contribution >= 0.6 is 0 Å². The normalized spacial score (nSPS) is 17.8. The van der Waals surface area contributed by atoms with Gasteiger partial charge in [0, 0.05) is 24.2 Å². The topological polar surface area (TPSA) is 150 Å². The van der Waals surface area contributed by atoms with E-state index in [1.54, 1.807) is 0 Å². The quantitative estimate of drug-likeness (QED) is 0.144. The lowest BCUT2D eigenvalue weighted by Crippen LogP contribution is -2.33. The highest BCUT2D eigenvalue weighted by atomic mass is 16.6. The summed E-state index contributed by atoms with van der Waals surface area (Å²) in [6, 6.07) is 9.90. The van der Waals surface area contributed by atoms with Gasteiger partial charge in [0.05, 0.1) is 36.4 Å². The number of aliphatic hydroxyl groups excluding tert-OH is 2. The number of carbonyl (C=O) groups excluding carboxylic acids is 2. The number of amides is 1. The van der Waals surface area contributed by atoms with Gasteiger partial charge in [-0.2, -0.15) is 0 Å². The molecule has 1 saturated heterocycles. The fourth-order valence-corrected chi connectivity index (χ4v) is 3.37. The van der Waals surface area contributed by atoms with Gasteiger partial charge in [0.25, 0.3) is 17.4 Å². The summed E-state index contributed by atoms with van der Waals surface area (Å²) in [5.74, 6) is -2.37. The third-order valence-electron chi connectivity index (χ3n) is 4.79. The second kappa shape index (κ2) is 9.37. The third-order valence-corrected chi connectivity index (χ3v) is 4.79. The van der Waals surface area contributed by atoms with Crippen LogP contribution in [0.15, 0.2) is 54.1 Å². The van der Waals surface area contributed by atoms with Gasteiger partial charge >= 0.3 is 0 Å². The number of aromatic hydroxyl groups is 1. The van der Waals surface area contributed by atoms with Gasteiger partial charge in [-0.1, -0.05) is 24.3 Å². The highest BCUT2D eigenvalue weighted by molar-refractivity contribution is 6.46. The molecule has 162 valence electrons. The molecular formula is C21H20N2O8. The molecule has 10 nitrogen and oxygen atoms in total. The Morgan fingerprint density at radius 3 is 2.48 bits per heavy atom. The average molecular weight is 428 g/mol. The molecule has 0 aliphatic carbocycles. The van der Waals surface area contributed by atoms with Crippen LogP contribution < -0.4 is 0 Å². The molecule has 0 unspecified atom stereocenters. The molecule has 0 aromatic heterocycles. The standard InChI is InChI=1S/C21H20N2O8/c24-9-11-31-10-8-22-18(13-4-6-16(25)7-5-13)17(20(27)21(22)28)19(26)14-2-1-3-15(12-14)23(29)30/h1-7,12,18,24-26H,8-11H2/b19-17+/t18-/m1/s1. The van der Waals surface area contributed by atoms with Gasteiger partial charge in [0.1, 0.15) is 11.5 Å². The minimum Gasteiger partial charge on any atom is -0.508 e. The molecule has 1 atom stereocenters. The minimum absolute atomic E-state index is 0.00182. The lowest BCUT2D eigenvalue weighted by Gasteiger charge is -2.25. The number of ether oxygens (including phenoxy) is 1. The van der Waals surface area contributed by atoms with E-state index in [0.717, 1.165) is 6.07 Å². The Morgan fingerprint density at radius 2 is 1.84 bits per heavy atom. The van der Waals surface area contributed by atoms with Gasteiger partial charge in [-0.3, -0.25) is 19.7 Å². The van der Waals surface area contributed by atoms with Crippen LogP contribution in [0.1, 0.15) is 17.2 Å². The molecule has 10 heteroatoms. The highest BCUT2D eigenvalue weighted by Gasteiger charge is 2.46. The smallest absolute Gasteiger partial charge is 0.295 e. The molecule has 1 amide bonds. The van der Waals surface area contributed by atoms with Gasteiger partial charge in [0.15, 0.2) is 0 Å². The van der Waals surface area contributed by atoms with Crippen molar-refractivity contribution in [3.63, 3.8) is 0 Å². The number of hydrogen-bond donors (Lipinski definition) is 3. The fourth-order valence-electron chi connectivity index (χ4n) is 3.37. The number of Topliss-reactive ketones (excluding diaryl/α,β-unsaturated/α-hetero) is 1. The SMILES string of the molecule is O=C1C(=O)N(CCOCCO)[C@H](c2ccc(O)cc2)/C1=C(\O)c1cccc([N+](=O)[O-])c1. The molecule has 0 saturated carbocycles. The van der Waals surface area contributed by atoms with E-state index in [1.165, 1.54) is 47.4 Å². The molecule has 1 heterocycles. The maximum atomic E-state index is 12.8. The number of phenolic OH excluding ortho intramolecular Hbond substituents is 1. The molecular weight excluding hydrogens is 408 g/mol. The first kappa shape index (κ1) is 21.9. The number of nitro benzene ring substituents is 1. The van der Waals surface area contributed by atoms with E-state index in [0.29, 0.717) is 5.56 Å². The number of ketones is 1. The largest absolute Gasteiger partial charge is 0.508 e.